The Morgan fingerprint density at radius 3 is 2.14 bits per heavy atom. The van der Waals surface area contributed by atoms with Crippen LogP contribution in [-0.4, -0.2) is 28.6 Å². The summed E-state index contributed by atoms with van der Waals surface area (Å²) in [6.07, 6.45) is 1.03. The van der Waals surface area contributed by atoms with Gasteiger partial charge in [0.25, 0.3) is 8.32 Å². The Kier molecular flexibility index (Phi) is 4.57. The maximum absolute atomic E-state index is 6.52. The summed E-state index contributed by atoms with van der Waals surface area (Å²) in [6, 6.07) is 21.4. The second kappa shape index (κ2) is 6.61. The number of methoxy groups -OCH3 is 1. The molecular weight excluding hydrogens is 288 g/mol. The van der Waals surface area contributed by atoms with Gasteiger partial charge in [-0.15, -0.1) is 0 Å². The zero-order valence-corrected chi connectivity index (χ0v) is 14.0. The molecule has 3 heteroatoms. The van der Waals surface area contributed by atoms with E-state index in [1.807, 2.05) is 0 Å². The minimum Gasteiger partial charge on any atom is -0.407 e. The van der Waals surface area contributed by atoms with Crippen LogP contribution < -0.4 is 10.4 Å². The summed E-state index contributed by atoms with van der Waals surface area (Å²) in [5, 5.41) is 2.64. The van der Waals surface area contributed by atoms with Crippen LogP contribution in [0, 0.1) is 0 Å². The molecule has 0 saturated carbocycles. The molecular formula is C19H22O2Si. The average molecular weight is 310 g/mol. The second-order valence-electron chi connectivity index (χ2n) is 5.75. The molecule has 0 amide bonds. The first kappa shape index (κ1) is 15.2. The van der Waals surface area contributed by atoms with Gasteiger partial charge in [0.05, 0.1) is 6.61 Å². The summed E-state index contributed by atoms with van der Waals surface area (Å²) in [4.78, 5) is 0. The Morgan fingerprint density at radius 1 is 1.09 bits per heavy atom. The number of rotatable bonds is 5. The van der Waals surface area contributed by atoms with Crippen molar-refractivity contribution < 1.29 is 9.16 Å². The lowest BCUT2D eigenvalue weighted by Gasteiger charge is -2.33. The van der Waals surface area contributed by atoms with Gasteiger partial charge in [0.15, 0.2) is 0 Å². The van der Waals surface area contributed by atoms with Crippen LogP contribution in [0.3, 0.4) is 0 Å². The molecule has 22 heavy (non-hydrogen) atoms. The molecule has 1 heterocycles. The Bertz CT molecular complexity index is 585. The summed E-state index contributed by atoms with van der Waals surface area (Å²) in [5.41, 5.74) is 1.51. The highest BCUT2D eigenvalue weighted by molar-refractivity contribution is 6.99. The lowest BCUT2D eigenvalue weighted by molar-refractivity contribution is 0.223. The first-order valence-corrected chi connectivity index (χ1v) is 9.69. The number of benzene rings is 2. The highest BCUT2D eigenvalue weighted by atomic mass is 28.4. The van der Waals surface area contributed by atoms with Crippen LogP contribution in [0.4, 0.5) is 0 Å². The molecule has 2 aromatic carbocycles. The fourth-order valence-corrected chi connectivity index (χ4v) is 8.20. The third-order valence-electron chi connectivity index (χ3n) is 4.45. The van der Waals surface area contributed by atoms with E-state index in [4.69, 9.17) is 9.16 Å². The van der Waals surface area contributed by atoms with Crippen molar-refractivity contribution in [3.8, 4) is 0 Å². The van der Waals surface area contributed by atoms with Gasteiger partial charge in [-0.1, -0.05) is 67.2 Å². The van der Waals surface area contributed by atoms with Crippen LogP contribution in [-0.2, 0) is 9.16 Å². The lowest BCUT2D eigenvalue weighted by atomic mass is 10.2. The smallest absolute Gasteiger partial charge is 0.262 e. The van der Waals surface area contributed by atoms with Crippen molar-refractivity contribution in [3.05, 3.63) is 72.8 Å². The monoisotopic (exact) mass is 310 g/mol. The molecule has 1 unspecified atom stereocenters. The van der Waals surface area contributed by atoms with E-state index in [2.05, 4.69) is 67.2 Å². The van der Waals surface area contributed by atoms with Gasteiger partial charge in [-0.25, -0.2) is 0 Å². The van der Waals surface area contributed by atoms with Gasteiger partial charge >= 0.3 is 0 Å². The van der Waals surface area contributed by atoms with E-state index in [-0.39, 0.29) is 0 Å². The van der Waals surface area contributed by atoms with Gasteiger partial charge < -0.3 is 9.16 Å². The molecule has 1 saturated heterocycles. The number of ether oxygens (including phenoxy) is 1. The van der Waals surface area contributed by atoms with E-state index >= 15 is 0 Å². The minimum atomic E-state index is -2.29. The van der Waals surface area contributed by atoms with Crippen molar-refractivity contribution in [2.24, 2.45) is 0 Å². The van der Waals surface area contributed by atoms with E-state index in [9.17, 15) is 0 Å². The van der Waals surface area contributed by atoms with Gasteiger partial charge in [-0.3, -0.25) is 0 Å². The van der Waals surface area contributed by atoms with Crippen molar-refractivity contribution in [1.29, 1.82) is 0 Å². The van der Waals surface area contributed by atoms with Gasteiger partial charge in [0, 0.05) is 19.3 Å². The predicted molar refractivity (Wildman–Crippen MR) is 93.2 cm³/mol. The molecule has 1 atom stereocenters. The van der Waals surface area contributed by atoms with Crippen molar-refractivity contribution in [1.82, 2.24) is 0 Å². The van der Waals surface area contributed by atoms with E-state index < -0.39 is 8.32 Å². The van der Waals surface area contributed by atoms with Gasteiger partial charge in [0.2, 0.25) is 0 Å². The highest BCUT2D eigenvalue weighted by Gasteiger charge is 2.51. The van der Waals surface area contributed by atoms with E-state index in [1.165, 1.54) is 10.4 Å². The Labute approximate surface area is 133 Å². The largest absolute Gasteiger partial charge is 0.407 e. The molecule has 0 N–H and O–H groups in total. The van der Waals surface area contributed by atoms with Crippen LogP contribution >= 0.6 is 0 Å². The van der Waals surface area contributed by atoms with Crippen molar-refractivity contribution in [3.63, 3.8) is 0 Å². The molecule has 0 aromatic heterocycles. The van der Waals surface area contributed by atoms with Gasteiger partial charge in [0.1, 0.15) is 0 Å². The molecule has 0 radical (unpaired) electrons. The normalized spacial score (nSPS) is 20.0. The predicted octanol–water partition coefficient (Wildman–Crippen LogP) is 2.74. The molecule has 114 valence electrons. The molecule has 1 fully saturated rings. The summed E-state index contributed by atoms with van der Waals surface area (Å²) < 4.78 is 11.9. The highest BCUT2D eigenvalue weighted by Crippen LogP contribution is 2.38. The standard InChI is InChI=1S/C19H22O2Si/c1-16(15-20-2)19-13-14-21-22(19,17-9-5-3-6-10-17)18-11-7-4-8-12-18/h3-12,19H,1,13-15H2,2H3. The Balaban J connectivity index is 2.13. The maximum atomic E-state index is 6.52. The van der Waals surface area contributed by atoms with Gasteiger partial charge in [-0.2, -0.15) is 0 Å². The fourth-order valence-electron chi connectivity index (χ4n) is 3.53. The lowest BCUT2D eigenvalue weighted by Crippen LogP contribution is -2.61. The molecule has 2 nitrogen and oxygen atoms in total. The van der Waals surface area contributed by atoms with Crippen LogP contribution in [0.5, 0.6) is 0 Å². The molecule has 3 rings (SSSR count). The first-order chi connectivity index (χ1) is 10.8. The topological polar surface area (TPSA) is 18.5 Å². The summed E-state index contributed by atoms with van der Waals surface area (Å²) in [7, 11) is -0.562. The van der Waals surface area contributed by atoms with Crippen LogP contribution in [0.1, 0.15) is 6.42 Å². The van der Waals surface area contributed by atoms with Crippen molar-refractivity contribution >= 4 is 18.7 Å². The first-order valence-electron chi connectivity index (χ1n) is 7.70. The minimum absolute atomic E-state index is 0.359. The van der Waals surface area contributed by atoms with Crippen LogP contribution in [0.25, 0.3) is 0 Å². The zero-order valence-electron chi connectivity index (χ0n) is 13.0. The molecule has 0 aliphatic carbocycles. The fraction of sp³-hybridized carbons (Fsp3) is 0.263. The SMILES string of the molecule is C=C(COC)C1CCO[Si]1(c1ccccc1)c1ccccc1. The number of hydrogen-bond acceptors (Lipinski definition) is 2. The second-order valence-corrected chi connectivity index (χ2v) is 9.36. The zero-order chi connectivity index (χ0) is 15.4. The molecule has 0 spiro atoms. The quantitative estimate of drug-likeness (QED) is 0.624. The summed E-state index contributed by atoms with van der Waals surface area (Å²) in [6.45, 7) is 5.70. The van der Waals surface area contributed by atoms with Crippen molar-refractivity contribution in [2.75, 3.05) is 20.3 Å². The van der Waals surface area contributed by atoms with Crippen LogP contribution in [0.15, 0.2) is 72.8 Å². The molecule has 2 aromatic rings. The molecule has 1 aliphatic rings. The maximum Gasteiger partial charge on any atom is 0.262 e. The third kappa shape index (κ3) is 2.56. The van der Waals surface area contributed by atoms with E-state index in [0.29, 0.717) is 12.1 Å². The van der Waals surface area contributed by atoms with Crippen LogP contribution in [0.2, 0.25) is 5.54 Å². The van der Waals surface area contributed by atoms with E-state index in [0.717, 1.165) is 18.6 Å². The van der Waals surface area contributed by atoms with Gasteiger partial charge in [-0.05, 0) is 22.4 Å². The average Bonchev–Trinajstić information content (AvgIpc) is 3.03. The third-order valence-corrected chi connectivity index (χ3v) is 9.17. The number of hydrogen-bond donors (Lipinski definition) is 0. The molecule has 1 aliphatic heterocycles. The molecule has 0 bridgehead atoms. The Hall–Kier alpha value is -1.68. The van der Waals surface area contributed by atoms with Crippen molar-refractivity contribution in [2.45, 2.75) is 12.0 Å². The summed E-state index contributed by atoms with van der Waals surface area (Å²) >= 11 is 0. The summed E-state index contributed by atoms with van der Waals surface area (Å²) in [5.74, 6) is 0. The Morgan fingerprint density at radius 2 is 1.64 bits per heavy atom. The van der Waals surface area contributed by atoms with E-state index in [1.54, 1.807) is 7.11 Å².